The predicted octanol–water partition coefficient (Wildman–Crippen LogP) is 4.22. The number of rotatable bonds is 2. The van der Waals surface area contributed by atoms with Gasteiger partial charge in [0.1, 0.15) is 0 Å². The van der Waals surface area contributed by atoms with Crippen molar-refractivity contribution in [2.45, 2.75) is 0 Å². The standard InChI is InChI=1S/C14H7Cl2N5S/c15-9-4-1-5-10(16)11(9)13-20-21-12(18-19-14(21)22-13)8-3-2-6-17-7-8/h1-7H. The Hall–Kier alpha value is -2.02. The summed E-state index contributed by atoms with van der Waals surface area (Å²) in [4.78, 5) is 4.76. The lowest BCUT2D eigenvalue weighted by molar-refractivity contribution is 0.969. The topological polar surface area (TPSA) is 56.0 Å². The number of pyridine rings is 1. The summed E-state index contributed by atoms with van der Waals surface area (Å²) in [6, 6.07) is 9.12. The fourth-order valence-corrected chi connectivity index (χ4v) is 3.70. The Morgan fingerprint density at radius 2 is 1.82 bits per heavy atom. The highest BCUT2D eigenvalue weighted by atomic mass is 35.5. The summed E-state index contributed by atoms with van der Waals surface area (Å²) < 4.78 is 1.68. The molecular weight excluding hydrogens is 341 g/mol. The maximum absolute atomic E-state index is 6.24. The molecule has 0 spiro atoms. The lowest BCUT2D eigenvalue weighted by Gasteiger charge is -2.01. The zero-order chi connectivity index (χ0) is 15.1. The Morgan fingerprint density at radius 3 is 2.55 bits per heavy atom. The average Bonchev–Trinajstić information content (AvgIpc) is 3.08. The molecule has 0 N–H and O–H groups in total. The van der Waals surface area contributed by atoms with Crippen molar-refractivity contribution in [1.29, 1.82) is 0 Å². The number of halogens is 2. The van der Waals surface area contributed by atoms with Gasteiger partial charge in [-0.25, -0.2) is 0 Å². The average molecular weight is 348 g/mol. The molecule has 4 rings (SSSR count). The van der Waals surface area contributed by atoms with Gasteiger partial charge in [0.25, 0.3) is 0 Å². The van der Waals surface area contributed by atoms with E-state index in [1.54, 1.807) is 35.1 Å². The third-order valence-corrected chi connectivity index (χ3v) is 4.63. The quantitative estimate of drug-likeness (QED) is 0.544. The van der Waals surface area contributed by atoms with Crippen LogP contribution in [0.25, 0.3) is 26.9 Å². The second-order valence-electron chi connectivity index (χ2n) is 4.46. The summed E-state index contributed by atoms with van der Waals surface area (Å²) in [5.74, 6) is 0.633. The van der Waals surface area contributed by atoms with Gasteiger partial charge in [-0.1, -0.05) is 40.6 Å². The molecule has 8 heteroatoms. The molecule has 0 aliphatic rings. The van der Waals surface area contributed by atoms with Crippen LogP contribution in [0.5, 0.6) is 0 Å². The van der Waals surface area contributed by atoms with Crippen molar-refractivity contribution in [2.75, 3.05) is 0 Å². The molecule has 0 saturated carbocycles. The number of aromatic nitrogens is 5. The van der Waals surface area contributed by atoms with Crippen molar-refractivity contribution in [3.63, 3.8) is 0 Å². The Morgan fingerprint density at radius 1 is 1.00 bits per heavy atom. The van der Waals surface area contributed by atoms with Gasteiger partial charge in [-0.2, -0.15) is 9.61 Å². The fraction of sp³-hybridized carbons (Fsp3) is 0. The summed E-state index contributed by atoms with van der Waals surface area (Å²) >= 11 is 13.9. The van der Waals surface area contributed by atoms with Crippen molar-refractivity contribution < 1.29 is 0 Å². The number of hydrogen-bond donors (Lipinski definition) is 0. The van der Waals surface area contributed by atoms with Gasteiger partial charge >= 0.3 is 0 Å². The first-order valence-corrected chi connectivity index (χ1v) is 7.88. The van der Waals surface area contributed by atoms with E-state index in [0.717, 1.165) is 5.56 Å². The van der Waals surface area contributed by atoms with Crippen LogP contribution < -0.4 is 0 Å². The molecule has 0 unspecified atom stereocenters. The van der Waals surface area contributed by atoms with Gasteiger partial charge in [0.05, 0.1) is 10.0 Å². The predicted molar refractivity (Wildman–Crippen MR) is 87.3 cm³/mol. The van der Waals surface area contributed by atoms with Gasteiger partial charge in [-0.05, 0) is 24.3 Å². The molecule has 0 aliphatic heterocycles. The summed E-state index contributed by atoms with van der Waals surface area (Å²) in [7, 11) is 0. The minimum Gasteiger partial charge on any atom is -0.264 e. The van der Waals surface area contributed by atoms with Crippen LogP contribution in [-0.2, 0) is 0 Å². The largest absolute Gasteiger partial charge is 0.264 e. The normalized spacial score (nSPS) is 11.2. The SMILES string of the molecule is Clc1cccc(Cl)c1-c1nn2c(-c3cccnc3)nnc2s1. The molecule has 3 aromatic heterocycles. The lowest BCUT2D eigenvalue weighted by Crippen LogP contribution is -1.91. The van der Waals surface area contributed by atoms with Crippen LogP contribution in [-0.4, -0.2) is 24.8 Å². The van der Waals surface area contributed by atoms with Crippen molar-refractivity contribution in [3.05, 3.63) is 52.8 Å². The van der Waals surface area contributed by atoms with Crippen molar-refractivity contribution >= 4 is 39.5 Å². The van der Waals surface area contributed by atoms with Gasteiger partial charge in [0.15, 0.2) is 10.8 Å². The first-order chi connectivity index (χ1) is 10.7. The molecule has 0 radical (unpaired) electrons. The number of fused-ring (bicyclic) bond motifs is 1. The first-order valence-electron chi connectivity index (χ1n) is 6.31. The van der Waals surface area contributed by atoms with Crippen molar-refractivity contribution in [2.24, 2.45) is 0 Å². The van der Waals surface area contributed by atoms with E-state index in [2.05, 4.69) is 20.3 Å². The maximum atomic E-state index is 6.24. The van der Waals surface area contributed by atoms with Crippen LogP contribution in [0.15, 0.2) is 42.7 Å². The summed E-state index contributed by atoms with van der Waals surface area (Å²) in [6.07, 6.45) is 3.43. The molecule has 22 heavy (non-hydrogen) atoms. The van der Waals surface area contributed by atoms with E-state index in [-0.39, 0.29) is 0 Å². The molecule has 0 bridgehead atoms. The molecule has 108 valence electrons. The third kappa shape index (κ3) is 2.16. The molecule has 0 saturated heterocycles. The Bertz CT molecular complexity index is 944. The van der Waals surface area contributed by atoms with Crippen LogP contribution >= 0.6 is 34.5 Å². The highest BCUT2D eigenvalue weighted by Gasteiger charge is 2.17. The van der Waals surface area contributed by atoms with Gasteiger partial charge in [0, 0.05) is 23.5 Å². The molecule has 1 aromatic carbocycles. The molecule has 5 nitrogen and oxygen atoms in total. The van der Waals surface area contributed by atoms with Crippen molar-refractivity contribution in [1.82, 2.24) is 24.8 Å². The molecular formula is C14H7Cl2N5S. The highest BCUT2D eigenvalue weighted by Crippen LogP contribution is 2.37. The van der Waals surface area contributed by atoms with Gasteiger partial charge in [-0.3, -0.25) is 4.98 Å². The molecule has 0 fully saturated rings. The Labute approximate surface area is 139 Å². The number of nitrogens with zero attached hydrogens (tertiary/aromatic N) is 5. The van der Waals surface area contributed by atoms with E-state index in [9.17, 15) is 0 Å². The maximum Gasteiger partial charge on any atom is 0.235 e. The monoisotopic (exact) mass is 347 g/mol. The second kappa shape index (κ2) is 5.31. The Kier molecular flexibility index (Phi) is 3.29. The molecule has 0 amide bonds. The van der Waals surface area contributed by atoms with Crippen molar-refractivity contribution in [3.8, 4) is 22.0 Å². The molecule has 3 heterocycles. The van der Waals surface area contributed by atoms with Crippen LogP contribution in [0.1, 0.15) is 0 Å². The minimum absolute atomic E-state index is 0.556. The summed E-state index contributed by atoms with van der Waals surface area (Å²) in [5.41, 5.74) is 1.55. The van der Waals surface area contributed by atoms with Gasteiger partial charge < -0.3 is 0 Å². The smallest absolute Gasteiger partial charge is 0.235 e. The van der Waals surface area contributed by atoms with E-state index in [1.165, 1.54) is 11.3 Å². The first kappa shape index (κ1) is 13.6. The lowest BCUT2D eigenvalue weighted by atomic mass is 10.2. The molecule has 0 atom stereocenters. The van der Waals surface area contributed by atoms with E-state index in [1.807, 2.05) is 12.1 Å². The second-order valence-corrected chi connectivity index (χ2v) is 6.23. The minimum atomic E-state index is 0.556. The molecule has 0 aliphatic carbocycles. The van der Waals surface area contributed by atoms with Crippen LogP contribution in [0.3, 0.4) is 0 Å². The summed E-state index contributed by atoms with van der Waals surface area (Å²) in [5, 5.41) is 14.7. The zero-order valence-corrected chi connectivity index (χ0v) is 13.3. The number of benzene rings is 1. The van der Waals surface area contributed by atoms with Crippen LogP contribution in [0.4, 0.5) is 0 Å². The van der Waals surface area contributed by atoms with E-state index >= 15 is 0 Å². The van der Waals surface area contributed by atoms with Gasteiger partial charge in [0.2, 0.25) is 4.96 Å². The van der Waals surface area contributed by atoms with Gasteiger partial charge in [-0.15, -0.1) is 10.2 Å². The molecule has 4 aromatic rings. The van der Waals surface area contributed by atoms with E-state index in [0.29, 0.717) is 31.4 Å². The van der Waals surface area contributed by atoms with Crippen LogP contribution in [0, 0.1) is 0 Å². The third-order valence-electron chi connectivity index (χ3n) is 3.09. The number of hydrogen-bond acceptors (Lipinski definition) is 5. The highest BCUT2D eigenvalue weighted by molar-refractivity contribution is 7.20. The fourth-order valence-electron chi connectivity index (χ4n) is 2.10. The summed E-state index contributed by atoms with van der Waals surface area (Å²) in [6.45, 7) is 0. The van der Waals surface area contributed by atoms with E-state index in [4.69, 9.17) is 23.2 Å². The Balaban J connectivity index is 1.91. The van der Waals surface area contributed by atoms with Crippen LogP contribution in [0.2, 0.25) is 10.0 Å². The van der Waals surface area contributed by atoms with E-state index < -0.39 is 0 Å². The zero-order valence-electron chi connectivity index (χ0n) is 10.9.